The highest BCUT2D eigenvalue weighted by Crippen LogP contribution is 2.01. The first-order valence-corrected chi connectivity index (χ1v) is 5.09. The summed E-state index contributed by atoms with van der Waals surface area (Å²) in [6.45, 7) is 1.01. The van der Waals surface area contributed by atoms with Crippen molar-refractivity contribution in [1.82, 2.24) is 9.13 Å². The normalized spacial score (nSPS) is 10.3. The number of hydrogen-bond acceptors (Lipinski definition) is 5. The molecule has 0 saturated heterocycles. The quantitative estimate of drug-likeness (QED) is 0.555. The van der Waals surface area contributed by atoms with Gasteiger partial charge in [0.05, 0.1) is 11.1 Å². The molecule has 0 bridgehead atoms. The van der Waals surface area contributed by atoms with Crippen LogP contribution in [0.3, 0.4) is 0 Å². The lowest BCUT2D eigenvalue weighted by atomic mass is 10.4. The molecule has 0 aliphatic carbocycles. The minimum absolute atomic E-state index is 0.166. The Hall–Kier alpha value is -2.45. The maximum absolute atomic E-state index is 11.7. The van der Waals surface area contributed by atoms with Gasteiger partial charge in [0, 0.05) is 6.54 Å². The Morgan fingerprint density at radius 3 is 2.56 bits per heavy atom. The van der Waals surface area contributed by atoms with Gasteiger partial charge in [0.2, 0.25) is 0 Å². The number of carboxylic acid groups (broad SMARTS) is 1. The molecular weight excluding hydrogens is 246 g/mol. The first-order chi connectivity index (χ1) is 8.38. The number of hydrogen-bond donors (Lipinski definition) is 1. The molecule has 0 unspecified atom stereocenters. The Morgan fingerprint density at radius 2 is 2.11 bits per heavy atom. The smallest absolute Gasteiger partial charge is 0.350 e. The van der Waals surface area contributed by atoms with Gasteiger partial charge in [-0.3, -0.25) is 24.3 Å². The monoisotopic (exact) mass is 257 g/mol. The van der Waals surface area contributed by atoms with Crippen LogP contribution in [0.2, 0.25) is 0 Å². The molecule has 98 valence electrons. The van der Waals surface area contributed by atoms with Gasteiger partial charge in [-0.1, -0.05) is 6.92 Å². The zero-order valence-electron chi connectivity index (χ0n) is 9.53. The van der Waals surface area contributed by atoms with Crippen LogP contribution in [0.25, 0.3) is 0 Å². The Kier molecular flexibility index (Phi) is 3.97. The van der Waals surface area contributed by atoms with Gasteiger partial charge >= 0.3 is 22.9 Å². The van der Waals surface area contributed by atoms with Gasteiger partial charge in [-0.15, -0.1) is 0 Å². The number of carboxylic acids is 1. The molecule has 0 spiro atoms. The van der Waals surface area contributed by atoms with Gasteiger partial charge in [-0.25, -0.2) is 9.36 Å². The van der Waals surface area contributed by atoms with Crippen LogP contribution in [0.4, 0.5) is 5.69 Å². The van der Waals surface area contributed by atoms with Gasteiger partial charge in [-0.2, -0.15) is 0 Å². The van der Waals surface area contributed by atoms with E-state index < -0.39 is 34.4 Å². The third kappa shape index (κ3) is 2.62. The molecule has 0 atom stereocenters. The van der Waals surface area contributed by atoms with E-state index in [1.807, 2.05) is 0 Å². The zero-order valence-corrected chi connectivity index (χ0v) is 9.53. The fourth-order valence-corrected chi connectivity index (χ4v) is 1.44. The molecular formula is C9H11N3O6. The SMILES string of the molecule is CCCn1cc([N+](=O)[O-])c(=O)n(CC(=O)O)c1=O. The van der Waals surface area contributed by atoms with E-state index in [1.54, 1.807) is 6.92 Å². The average molecular weight is 257 g/mol. The van der Waals surface area contributed by atoms with Crippen molar-refractivity contribution in [2.24, 2.45) is 0 Å². The summed E-state index contributed by atoms with van der Waals surface area (Å²) in [6.07, 6.45) is 1.36. The first kappa shape index (κ1) is 13.6. The van der Waals surface area contributed by atoms with Crippen molar-refractivity contribution in [1.29, 1.82) is 0 Å². The summed E-state index contributed by atoms with van der Waals surface area (Å²) in [6, 6.07) is 0. The topological polar surface area (TPSA) is 124 Å². The van der Waals surface area contributed by atoms with Gasteiger partial charge in [0.1, 0.15) is 6.54 Å². The molecule has 0 saturated carbocycles. The number of aryl methyl sites for hydroxylation is 1. The Labute approximate surface area is 100 Å². The predicted molar refractivity (Wildman–Crippen MR) is 59.5 cm³/mol. The van der Waals surface area contributed by atoms with Crippen molar-refractivity contribution in [2.75, 3.05) is 0 Å². The molecule has 9 heteroatoms. The fraction of sp³-hybridized carbons (Fsp3) is 0.444. The number of aromatic nitrogens is 2. The lowest BCUT2D eigenvalue weighted by Crippen LogP contribution is -2.42. The highest BCUT2D eigenvalue weighted by molar-refractivity contribution is 5.66. The summed E-state index contributed by atoms with van der Waals surface area (Å²) in [5.74, 6) is -1.42. The van der Waals surface area contributed by atoms with Crippen molar-refractivity contribution in [2.45, 2.75) is 26.4 Å². The van der Waals surface area contributed by atoms with Crippen LogP contribution in [0.15, 0.2) is 15.8 Å². The largest absolute Gasteiger partial charge is 0.480 e. The highest BCUT2D eigenvalue weighted by atomic mass is 16.6. The second kappa shape index (κ2) is 5.25. The summed E-state index contributed by atoms with van der Waals surface area (Å²) in [5, 5.41) is 19.2. The molecule has 18 heavy (non-hydrogen) atoms. The van der Waals surface area contributed by atoms with E-state index in [0.717, 1.165) is 10.8 Å². The molecule has 9 nitrogen and oxygen atoms in total. The molecule has 1 heterocycles. The molecule has 1 aromatic heterocycles. The molecule has 0 amide bonds. The van der Waals surface area contributed by atoms with Crippen molar-refractivity contribution < 1.29 is 14.8 Å². The van der Waals surface area contributed by atoms with Crippen molar-refractivity contribution in [3.8, 4) is 0 Å². The molecule has 0 fully saturated rings. The summed E-state index contributed by atoms with van der Waals surface area (Å²) in [7, 11) is 0. The fourth-order valence-electron chi connectivity index (χ4n) is 1.44. The van der Waals surface area contributed by atoms with Crippen LogP contribution in [0, 0.1) is 10.1 Å². The van der Waals surface area contributed by atoms with Gasteiger partial charge in [0.25, 0.3) is 0 Å². The van der Waals surface area contributed by atoms with Crippen molar-refractivity contribution in [3.05, 3.63) is 37.1 Å². The molecule has 1 rings (SSSR count). The van der Waals surface area contributed by atoms with Crippen LogP contribution >= 0.6 is 0 Å². The molecule has 1 N–H and O–H groups in total. The van der Waals surface area contributed by atoms with Gasteiger partial charge in [0.15, 0.2) is 0 Å². The lowest BCUT2D eigenvalue weighted by molar-refractivity contribution is -0.387. The van der Waals surface area contributed by atoms with Crippen LogP contribution < -0.4 is 11.2 Å². The number of carbonyl (C=O) groups is 1. The van der Waals surface area contributed by atoms with Crippen LogP contribution in [0.5, 0.6) is 0 Å². The average Bonchev–Trinajstić information content (AvgIpc) is 2.27. The molecule has 0 aromatic carbocycles. The summed E-state index contributed by atoms with van der Waals surface area (Å²) < 4.78 is 1.30. The summed E-state index contributed by atoms with van der Waals surface area (Å²) in [4.78, 5) is 43.6. The highest BCUT2D eigenvalue weighted by Gasteiger charge is 2.20. The Morgan fingerprint density at radius 1 is 1.50 bits per heavy atom. The standard InChI is InChI=1S/C9H11N3O6/c1-2-3-10-4-6(12(17)18)8(15)11(9(10)16)5-7(13)14/h4H,2-3,5H2,1H3,(H,13,14). The van der Waals surface area contributed by atoms with Crippen LogP contribution in [-0.2, 0) is 17.9 Å². The second-order valence-electron chi connectivity index (χ2n) is 3.53. The lowest BCUT2D eigenvalue weighted by Gasteiger charge is -2.07. The molecule has 0 aliphatic rings. The van der Waals surface area contributed by atoms with E-state index in [1.165, 1.54) is 0 Å². The van der Waals surface area contributed by atoms with Crippen LogP contribution in [0.1, 0.15) is 13.3 Å². The van der Waals surface area contributed by atoms with E-state index in [-0.39, 0.29) is 6.54 Å². The maximum Gasteiger partial charge on any atom is 0.350 e. The van der Waals surface area contributed by atoms with E-state index in [4.69, 9.17) is 5.11 Å². The summed E-state index contributed by atoms with van der Waals surface area (Å²) in [5.41, 5.74) is -2.89. The van der Waals surface area contributed by atoms with E-state index in [2.05, 4.69) is 0 Å². The zero-order chi connectivity index (χ0) is 13.9. The number of nitro groups is 1. The van der Waals surface area contributed by atoms with Gasteiger partial charge in [-0.05, 0) is 6.42 Å². The second-order valence-corrected chi connectivity index (χ2v) is 3.53. The minimum atomic E-state index is -1.42. The predicted octanol–water partition coefficient (Wildman–Crippen LogP) is -0.587. The van der Waals surface area contributed by atoms with Gasteiger partial charge < -0.3 is 5.11 Å². The Balaban J connectivity index is 3.56. The number of aliphatic carboxylic acids is 1. The Bertz CT molecular complexity index is 599. The third-order valence-corrected chi connectivity index (χ3v) is 2.17. The van der Waals surface area contributed by atoms with Crippen LogP contribution in [-0.4, -0.2) is 25.1 Å². The summed E-state index contributed by atoms with van der Waals surface area (Å²) >= 11 is 0. The molecule has 0 aliphatic heterocycles. The van der Waals surface area contributed by atoms with E-state index >= 15 is 0 Å². The van der Waals surface area contributed by atoms with Crippen molar-refractivity contribution in [3.63, 3.8) is 0 Å². The molecule has 0 radical (unpaired) electrons. The molecule has 1 aromatic rings. The number of nitrogens with zero attached hydrogens (tertiary/aromatic N) is 3. The minimum Gasteiger partial charge on any atom is -0.480 e. The number of rotatable bonds is 5. The maximum atomic E-state index is 11.7. The van der Waals surface area contributed by atoms with E-state index in [9.17, 15) is 24.5 Å². The van der Waals surface area contributed by atoms with Crippen molar-refractivity contribution >= 4 is 11.7 Å². The van der Waals surface area contributed by atoms with E-state index in [0.29, 0.717) is 11.0 Å². The third-order valence-electron chi connectivity index (χ3n) is 2.17. The first-order valence-electron chi connectivity index (χ1n) is 5.09.